The van der Waals surface area contributed by atoms with Crippen LogP contribution in [-0.4, -0.2) is 18.1 Å². The second-order valence-electron chi connectivity index (χ2n) is 6.15. The van der Waals surface area contributed by atoms with E-state index in [2.05, 4.69) is 10.5 Å². The lowest BCUT2D eigenvalue weighted by Crippen LogP contribution is -2.18. The molecular formula is C22H16Cl2N2O3. The topological polar surface area (TPSA) is 67.8 Å². The van der Waals surface area contributed by atoms with Crippen molar-refractivity contribution in [2.45, 2.75) is 6.92 Å². The van der Waals surface area contributed by atoms with E-state index in [4.69, 9.17) is 27.9 Å². The number of hydrazone groups is 1. The molecule has 5 nitrogen and oxygen atoms in total. The quantitative estimate of drug-likeness (QED) is 0.261. The predicted molar refractivity (Wildman–Crippen MR) is 114 cm³/mol. The Bertz CT molecular complexity index is 1060. The molecule has 3 rings (SSSR count). The molecule has 0 bridgehead atoms. The van der Waals surface area contributed by atoms with Gasteiger partial charge in [0, 0.05) is 5.02 Å². The van der Waals surface area contributed by atoms with Crippen molar-refractivity contribution in [2.24, 2.45) is 5.10 Å². The van der Waals surface area contributed by atoms with Crippen molar-refractivity contribution in [3.8, 4) is 5.75 Å². The molecule has 0 heterocycles. The second-order valence-corrected chi connectivity index (χ2v) is 6.99. The maximum atomic E-state index is 12.1. The van der Waals surface area contributed by atoms with E-state index < -0.39 is 11.9 Å². The van der Waals surface area contributed by atoms with Gasteiger partial charge in [-0.3, -0.25) is 4.79 Å². The largest absolute Gasteiger partial charge is 0.423 e. The summed E-state index contributed by atoms with van der Waals surface area (Å²) >= 11 is 11.8. The minimum Gasteiger partial charge on any atom is -0.423 e. The third kappa shape index (κ3) is 5.67. The summed E-state index contributed by atoms with van der Waals surface area (Å²) in [6, 6.07) is 18.4. The highest BCUT2D eigenvalue weighted by molar-refractivity contribution is 6.36. The summed E-state index contributed by atoms with van der Waals surface area (Å²) in [5, 5.41) is 4.59. The van der Waals surface area contributed by atoms with Gasteiger partial charge in [-0.25, -0.2) is 10.2 Å². The lowest BCUT2D eigenvalue weighted by Gasteiger charge is -2.05. The van der Waals surface area contributed by atoms with E-state index in [0.717, 1.165) is 5.56 Å². The fourth-order valence-corrected chi connectivity index (χ4v) is 2.87. The van der Waals surface area contributed by atoms with E-state index >= 15 is 0 Å². The molecule has 0 saturated carbocycles. The normalized spacial score (nSPS) is 10.7. The number of hydrogen-bond donors (Lipinski definition) is 1. The van der Waals surface area contributed by atoms with Crippen LogP contribution in [0.2, 0.25) is 10.0 Å². The summed E-state index contributed by atoms with van der Waals surface area (Å²) in [7, 11) is 0. The van der Waals surface area contributed by atoms with Crippen LogP contribution in [0, 0.1) is 6.92 Å². The Morgan fingerprint density at radius 3 is 2.31 bits per heavy atom. The number of rotatable bonds is 5. The number of hydrogen-bond acceptors (Lipinski definition) is 4. The number of esters is 1. The van der Waals surface area contributed by atoms with Gasteiger partial charge in [-0.05, 0) is 67.1 Å². The molecule has 0 spiro atoms. The maximum absolute atomic E-state index is 12.1. The van der Waals surface area contributed by atoms with Gasteiger partial charge in [0.2, 0.25) is 0 Å². The fourth-order valence-electron chi connectivity index (χ4n) is 2.38. The zero-order valence-electron chi connectivity index (χ0n) is 15.4. The summed E-state index contributed by atoms with van der Waals surface area (Å²) in [5.74, 6) is -0.477. The summed E-state index contributed by atoms with van der Waals surface area (Å²) in [4.78, 5) is 24.2. The first kappa shape index (κ1) is 20.6. The number of nitrogens with zero attached hydrogens (tertiary/aromatic N) is 1. The van der Waals surface area contributed by atoms with Crippen LogP contribution in [0.4, 0.5) is 0 Å². The van der Waals surface area contributed by atoms with Crippen LogP contribution in [-0.2, 0) is 0 Å². The number of halogens is 2. The number of ether oxygens (including phenoxy) is 1. The Labute approximate surface area is 177 Å². The first-order valence-electron chi connectivity index (χ1n) is 8.60. The van der Waals surface area contributed by atoms with Crippen molar-refractivity contribution < 1.29 is 14.3 Å². The van der Waals surface area contributed by atoms with Crippen LogP contribution in [0.5, 0.6) is 5.75 Å². The van der Waals surface area contributed by atoms with Crippen molar-refractivity contribution >= 4 is 41.3 Å². The van der Waals surface area contributed by atoms with Crippen LogP contribution < -0.4 is 10.2 Å². The Morgan fingerprint density at radius 1 is 0.966 bits per heavy atom. The van der Waals surface area contributed by atoms with Crippen LogP contribution in [0.1, 0.15) is 31.8 Å². The Kier molecular flexibility index (Phi) is 6.65. The highest BCUT2D eigenvalue weighted by Gasteiger charge is 2.10. The first-order chi connectivity index (χ1) is 13.9. The van der Waals surface area contributed by atoms with Gasteiger partial charge in [0.1, 0.15) is 5.75 Å². The Morgan fingerprint density at radius 2 is 1.66 bits per heavy atom. The molecule has 0 atom stereocenters. The van der Waals surface area contributed by atoms with Gasteiger partial charge < -0.3 is 4.74 Å². The highest BCUT2D eigenvalue weighted by Crippen LogP contribution is 2.20. The molecule has 1 amide bonds. The molecule has 0 radical (unpaired) electrons. The summed E-state index contributed by atoms with van der Waals surface area (Å²) < 4.78 is 5.34. The minimum atomic E-state index is -0.452. The number of aryl methyl sites for hydroxylation is 1. The molecule has 3 aromatic rings. The average molecular weight is 427 g/mol. The highest BCUT2D eigenvalue weighted by atomic mass is 35.5. The average Bonchev–Trinajstić information content (AvgIpc) is 2.69. The molecule has 29 heavy (non-hydrogen) atoms. The van der Waals surface area contributed by atoms with Crippen LogP contribution in [0.3, 0.4) is 0 Å². The van der Waals surface area contributed by atoms with Gasteiger partial charge in [-0.1, -0.05) is 40.9 Å². The molecule has 0 saturated heterocycles. The van der Waals surface area contributed by atoms with E-state index in [9.17, 15) is 9.59 Å². The maximum Gasteiger partial charge on any atom is 0.343 e. The van der Waals surface area contributed by atoms with E-state index in [0.29, 0.717) is 21.9 Å². The third-order valence-corrected chi connectivity index (χ3v) is 4.48. The second kappa shape index (κ2) is 9.37. The molecular weight excluding hydrogens is 411 g/mol. The molecule has 0 aliphatic rings. The Balaban J connectivity index is 1.57. The number of benzene rings is 3. The van der Waals surface area contributed by atoms with E-state index in [1.54, 1.807) is 42.5 Å². The van der Waals surface area contributed by atoms with Gasteiger partial charge in [0.25, 0.3) is 5.91 Å². The summed E-state index contributed by atoms with van der Waals surface area (Å²) in [5.41, 5.74) is 4.92. The van der Waals surface area contributed by atoms with Crippen molar-refractivity contribution in [2.75, 3.05) is 0 Å². The molecule has 0 fully saturated rings. The van der Waals surface area contributed by atoms with Crippen molar-refractivity contribution in [1.82, 2.24) is 5.43 Å². The first-order valence-corrected chi connectivity index (χ1v) is 9.35. The monoisotopic (exact) mass is 426 g/mol. The van der Waals surface area contributed by atoms with E-state index in [1.807, 2.05) is 19.1 Å². The lowest BCUT2D eigenvalue weighted by molar-refractivity contribution is 0.0734. The molecule has 1 N–H and O–H groups in total. The summed E-state index contributed by atoms with van der Waals surface area (Å²) in [6.45, 7) is 1.95. The molecule has 146 valence electrons. The smallest absolute Gasteiger partial charge is 0.343 e. The standard InChI is InChI=1S/C22H16Cl2N2O3/c1-14-2-6-16(7-3-14)22(28)29-18-9-4-15(5-10-18)13-25-26-21(27)19-11-8-17(23)12-20(19)24/h2-13H,1H3,(H,26,27)/b25-13-. The molecule has 0 unspecified atom stereocenters. The SMILES string of the molecule is Cc1ccc(C(=O)Oc2ccc(/C=N\NC(=O)c3ccc(Cl)cc3Cl)cc2)cc1. The van der Waals surface area contributed by atoms with Crippen LogP contribution in [0.25, 0.3) is 0 Å². The molecule has 0 aromatic heterocycles. The van der Waals surface area contributed by atoms with Gasteiger partial charge in [0.15, 0.2) is 0 Å². The minimum absolute atomic E-state index is 0.241. The van der Waals surface area contributed by atoms with E-state index in [1.165, 1.54) is 18.3 Å². The number of carbonyl (C=O) groups excluding carboxylic acids is 2. The van der Waals surface area contributed by atoms with Crippen LogP contribution >= 0.6 is 23.2 Å². The van der Waals surface area contributed by atoms with Crippen molar-refractivity contribution in [1.29, 1.82) is 0 Å². The van der Waals surface area contributed by atoms with Crippen molar-refractivity contribution in [3.63, 3.8) is 0 Å². The molecule has 0 aliphatic carbocycles. The van der Waals surface area contributed by atoms with Gasteiger partial charge in [-0.15, -0.1) is 0 Å². The molecule has 3 aromatic carbocycles. The van der Waals surface area contributed by atoms with Crippen LogP contribution in [0.15, 0.2) is 71.8 Å². The number of amides is 1. The fraction of sp³-hybridized carbons (Fsp3) is 0.0455. The van der Waals surface area contributed by atoms with Gasteiger partial charge in [0.05, 0.1) is 22.4 Å². The number of carbonyl (C=O) groups is 2. The van der Waals surface area contributed by atoms with Crippen molar-refractivity contribution in [3.05, 3.63) is 99.0 Å². The van der Waals surface area contributed by atoms with Gasteiger partial charge >= 0.3 is 5.97 Å². The predicted octanol–water partition coefficient (Wildman–Crippen LogP) is 5.28. The third-order valence-electron chi connectivity index (χ3n) is 3.93. The Hall–Kier alpha value is -3.15. The van der Waals surface area contributed by atoms with E-state index in [-0.39, 0.29) is 10.6 Å². The summed E-state index contributed by atoms with van der Waals surface area (Å²) in [6.07, 6.45) is 1.47. The zero-order chi connectivity index (χ0) is 20.8. The number of nitrogens with one attached hydrogen (secondary N) is 1. The van der Waals surface area contributed by atoms with Gasteiger partial charge in [-0.2, -0.15) is 5.10 Å². The lowest BCUT2D eigenvalue weighted by atomic mass is 10.1. The zero-order valence-corrected chi connectivity index (χ0v) is 16.9. The molecule has 0 aliphatic heterocycles. The molecule has 7 heteroatoms.